The van der Waals surface area contributed by atoms with E-state index < -0.39 is 0 Å². The average Bonchev–Trinajstić information content (AvgIpc) is 1.81. The summed E-state index contributed by atoms with van der Waals surface area (Å²) in [6.07, 6.45) is 0. The first-order valence-corrected chi connectivity index (χ1v) is 3.13. The Morgan fingerprint density at radius 2 is 1.20 bits per heavy atom. The molecule has 0 aromatic rings. The molecule has 0 atom stereocenters. The van der Waals surface area contributed by atoms with E-state index in [2.05, 4.69) is 0 Å². The summed E-state index contributed by atoms with van der Waals surface area (Å²) in [6, 6.07) is 0. The normalized spacial score (nSPS) is 26.8. The van der Waals surface area contributed by atoms with Crippen LogP contribution >= 0.6 is 0 Å². The van der Waals surface area contributed by atoms with Crippen LogP contribution in [-0.4, -0.2) is 18.9 Å². The Morgan fingerprint density at radius 1 is 0.900 bits per heavy atom. The molecule has 1 fully saturated rings. The van der Waals surface area contributed by atoms with Gasteiger partial charge in [0, 0.05) is 32.7 Å². The van der Waals surface area contributed by atoms with Crippen LogP contribution in [0.5, 0.6) is 0 Å². The summed E-state index contributed by atoms with van der Waals surface area (Å²) in [5.74, 6) is 0. The molecule has 4 heteroatoms. The number of rotatable bonds is 0. The van der Waals surface area contributed by atoms with Crippen LogP contribution in [0.4, 0.5) is 0 Å². The molecule has 1 aliphatic heterocycles. The summed E-state index contributed by atoms with van der Waals surface area (Å²) < 4.78 is 10.4. The Balaban J connectivity index is 0.000000810. The van der Waals surface area contributed by atoms with E-state index in [1.165, 1.54) is 7.69 Å². The van der Waals surface area contributed by atoms with E-state index in [0.717, 1.165) is 0 Å². The van der Waals surface area contributed by atoms with Crippen molar-refractivity contribution in [1.82, 2.24) is 0 Å². The maximum absolute atomic E-state index is 5.21. The fourth-order valence-corrected chi connectivity index (χ4v) is 0.548. The first kappa shape index (κ1) is 11.1. The van der Waals surface area contributed by atoms with E-state index in [-0.39, 0.29) is 43.9 Å². The number of hydrogen-bond donors (Lipinski definition) is 0. The van der Waals surface area contributed by atoms with Gasteiger partial charge < -0.3 is 9.31 Å². The van der Waals surface area contributed by atoms with Gasteiger partial charge in [-0.2, -0.15) is 0 Å². The monoisotopic (exact) mass is 216 g/mol. The maximum atomic E-state index is 5.21. The molecule has 54 valence electrons. The molecular weight excluding hydrogens is 204 g/mol. The average molecular weight is 216 g/mol. The topological polar surface area (TPSA) is 18.5 Å². The van der Waals surface area contributed by atoms with Gasteiger partial charge in [0.1, 0.15) is 0 Å². The van der Waals surface area contributed by atoms with Crippen LogP contribution in [0.2, 0.25) is 0 Å². The van der Waals surface area contributed by atoms with Gasteiger partial charge in [0.05, 0.1) is 11.2 Å². The summed E-state index contributed by atoms with van der Waals surface area (Å²) >= 11 is 0. The molecule has 0 unspecified atom stereocenters. The Kier molecular flexibility index (Phi) is 3.57. The predicted molar refractivity (Wildman–Crippen MR) is 36.1 cm³/mol. The largest absolute Gasteiger partial charge is 0.488 e. The van der Waals surface area contributed by atoms with E-state index in [0.29, 0.717) is 0 Å². The van der Waals surface area contributed by atoms with E-state index in [1.807, 2.05) is 27.7 Å². The summed E-state index contributed by atoms with van der Waals surface area (Å²) in [7, 11) is 1.42. The van der Waals surface area contributed by atoms with Crippen LogP contribution in [0.25, 0.3) is 0 Å². The molecule has 0 amide bonds. The zero-order valence-corrected chi connectivity index (χ0v) is 9.81. The Hall–Kier alpha value is 1.09. The van der Waals surface area contributed by atoms with Gasteiger partial charge in [-0.15, -0.1) is 0 Å². The minimum Gasteiger partial charge on any atom is -0.405 e. The van der Waals surface area contributed by atoms with Gasteiger partial charge in [-0.1, -0.05) is 0 Å². The van der Waals surface area contributed by atoms with Crippen LogP contribution in [-0.2, 0) is 42.0 Å². The first-order valence-electron chi connectivity index (χ1n) is 3.13. The van der Waals surface area contributed by atoms with Crippen molar-refractivity contribution in [2.24, 2.45) is 0 Å². The van der Waals surface area contributed by atoms with Gasteiger partial charge in [0.25, 0.3) is 0 Å². The third-order valence-corrected chi connectivity index (χ3v) is 2.14. The predicted octanol–water partition coefficient (Wildman–Crippen LogP) is 1.12. The van der Waals surface area contributed by atoms with Crippen molar-refractivity contribution in [2.45, 2.75) is 38.9 Å². The third kappa shape index (κ3) is 1.82. The maximum Gasteiger partial charge on any atom is 0.488 e. The van der Waals surface area contributed by atoms with E-state index >= 15 is 0 Å². The Morgan fingerprint density at radius 3 is 1.30 bits per heavy atom. The molecule has 1 aliphatic rings. The van der Waals surface area contributed by atoms with Crippen molar-refractivity contribution in [1.29, 1.82) is 0 Å². The molecule has 0 bridgehead atoms. The first-order chi connectivity index (χ1) is 3.96. The fourth-order valence-electron chi connectivity index (χ4n) is 0.548. The summed E-state index contributed by atoms with van der Waals surface area (Å²) in [5, 5.41) is 0. The molecule has 0 aromatic carbocycles. The zero-order chi connectivity index (χ0) is 7.12. The standard InChI is InChI=1S/C6H12BO2.Y/c1-5(2)6(3,4)9-7-8-5;/h1-4H3;. The van der Waals surface area contributed by atoms with Crippen LogP contribution < -0.4 is 0 Å². The molecule has 0 aromatic heterocycles. The van der Waals surface area contributed by atoms with Gasteiger partial charge in [-0.25, -0.2) is 0 Å². The molecular formula is C6H12BO2Y. The molecule has 0 saturated carbocycles. The van der Waals surface area contributed by atoms with E-state index in [1.54, 1.807) is 0 Å². The minimum atomic E-state index is -0.188. The van der Waals surface area contributed by atoms with Crippen molar-refractivity contribution < 1.29 is 42.0 Å². The summed E-state index contributed by atoms with van der Waals surface area (Å²) in [6.45, 7) is 8.04. The second-order valence-corrected chi connectivity index (χ2v) is 3.35. The third-order valence-electron chi connectivity index (χ3n) is 2.14. The molecule has 2 radical (unpaired) electrons. The van der Waals surface area contributed by atoms with Crippen molar-refractivity contribution in [3.63, 3.8) is 0 Å². The van der Waals surface area contributed by atoms with Gasteiger partial charge in [0.2, 0.25) is 0 Å². The smallest absolute Gasteiger partial charge is 0.405 e. The van der Waals surface area contributed by atoms with E-state index in [4.69, 9.17) is 9.31 Å². The van der Waals surface area contributed by atoms with Crippen LogP contribution in [0.3, 0.4) is 0 Å². The van der Waals surface area contributed by atoms with Gasteiger partial charge in [-0.3, -0.25) is 0 Å². The quantitative estimate of drug-likeness (QED) is 0.564. The van der Waals surface area contributed by atoms with Gasteiger partial charge >= 0.3 is 7.69 Å². The van der Waals surface area contributed by atoms with Crippen molar-refractivity contribution >= 4 is 7.69 Å². The SMILES string of the molecule is CC1(C)O[B]OC1(C)C.[Y]. The van der Waals surface area contributed by atoms with Crippen LogP contribution in [0, 0.1) is 0 Å². The molecule has 0 aliphatic carbocycles. The summed E-state index contributed by atoms with van der Waals surface area (Å²) in [4.78, 5) is 0. The molecule has 1 heterocycles. The fraction of sp³-hybridized carbons (Fsp3) is 1.00. The van der Waals surface area contributed by atoms with Crippen LogP contribution in [0.15, 0.2) is 0 Å². The van der Waals surface area contributed by atoms with E-state index in [9.17, 15) is 0 Å². The molecule has 0 spiro atoms. The molecule has 0 N–H and O–H groups in total. The Bertz CT molecular complexity index is 111. The summed E-state index contributed by atoms with van der Waals surface area (Å²) in [5.41, 5.74) is -0.375. The Labute approximate surface area is 88.2 Å². The number of hydrogen-bond acceptors (Lipinski definition) is 2. The molecule has 1 saturated heterocycles. The van der Waals surface area contributed by atoms with Crippen molar-refractivity contribution in [3.05, 3.63) is 0 Å². The van der Waals surface area contributed by atoms with Crippen molar-refractivity contribution in [3.8, 4) is 0 Å². The van der Waals surface area contributed by atoms with Crippen LogP contribution in [0.1, 0.15) is 27.7 Å². The molecule has 10 heavy (non-hydrogen) atoms. The second-order valence-electron chi connectivity index (χ2n) is 3.35. The van der Waals surface area contributed by atoms with Gasteiger partial charge in [0.15, 0.2) is 0 Å². The molecule has 1 rings (SSSR count). The zero-order valence-electron chi connectivity index (χ0n) is 6.97. The van der Waals surface area contributed by atoms with Crippen molar-refractivity contribution in [2.75, 3.05) is 0 Å². The molecule has 2 nitrogen and oxygen atoms in total. The second kappa shape index (κ2) is 3.22. The van der Waals surface area contributed by atoms with Gasteiger partial charge in [-0.05, 0) is 27.7 Å². The minimum absolute atomic E-state index is 0.